The number of terminal acetylenes is 1. The molecule has 0 unspecified atom stereocenters. The van der Waals surface area contributed by atoms with E-state index in [1.165, 1.54) is 18.3 Å². The fourth-order valence-corrected chi connectivity index (χ4v) is 7.33. The first-order valence-corrected chi connectivity index (χ1v) is 15.1. The summed E-state index contributed by atoms with van der Waals surface area (Å²) in [6, 6.07) is 2.31. The zero-order valence-corrected chi connectivity index (χ0v) is 24.4. The van der Waals surface area contributed by atoms with E-state index in [4.69, 9.17) is 24.4 Å². The Hall–Kier alpha value is -4.28. The number of pyridine rings is 1. The Morgan fingerprint density at radius 3 is 2.83 bits per heavy atom. The largest absolute Gasteiger partial charge is 0.461 e. The van der Waals surface area contributed by atoms with Crippen molar-refractivity contribution in [2.75, 3.05) is 43.4 Å². The van der Waals surface area contributed by atoms with Gasteiger partial charge in [-0.15, -0.1) is 6.42 Å². The van der Waals surface area contributed by atoms with Crippen LogP contribution in [-0.2, 0) is 4.74 Å². The Kier molecular flexibility index (Phi) is 6.22. The maximum atomic E-state index is 16.9. The highest BCUT2D eigenvalue weighted by Gasteiger charge is 2.58. The van der Waals surface area contributed by atoms with Gasteiger partial charge in [-0.3, -0.25) is 9.88 Å². The zero-order valence-electron chi connectivity index (χ0n) is 26.4. The fourth-order valence-electron chi connectivity index (χ4n) is 7.33. The Morgan fingerprint density at radius 2 is 2.00 bits per heavy atom. The molecule has 2 aromatic carbocycles. The first kappa shape index (κ1) is 26.9. The van der Waals surface area contributed by atoms with Gasteiger partial charge in [0.15, 0.2) is 23.6 Å². The molecule has 0 bridgehead atoms. The predicted molar refractivity (Wildman–Crippen MR) is 161 cm³/mol. The summed E-state index contributed by atoms with van der Waals surface area (Å²) in [4.78, 5) is 16.5. The number of nitrogens with two attached hydrogens (primary N) is 1. The lowest BCUT2D eigenvalue weighted by Gasteiger charge is -2.31. The van der Waals surface area contributed by atoms with E-state index in [1.807, 2.05) is 0 Å². The summed E-state index contributed by atoms with van der Waals surface area (Å²) in [6.45, 7) is -1.38. The van der Waals surface area contributed by atoms with Crippen LogP contribution >= 0.6 is 0 Å². The maximum absolute atomic E-state index is 16.9. The Balaban J connectivity index is 1.33. The number of halogens is 5. The van der Waals surface area contributed by atoms with E-state index in [1.54, 1.807) is 9.80 Å². The number of hydrogen-bond donors (Lipinski definition) is 1. The number of alkyl halides is 2. The molecule has 8 nitrogen and oxygen atoms in total. The van der Waals surface area contributed by atoms with Gasteiger partial charge in [-0.25, -0.2) is 22.0 Å². The van der Waals surface area contributed by atoms with Gasteiger partial charge in [0.1, 0.15) is 35.9 Å². The predicted octanol–water partition coefficient (Wildman–Crippen LogP) is 5.10. The molecule has 8 rings (SSSR count). The Labute approximate surface area is 263 Å². The smallest absolute Gasteiger partial charge is 0.319 e. The minimum absolute atomic E-state index is 0.00775. The molecule has 0 spiro atoms. The number of anilines is 2. The average molecular weight is 639 g/mol. The SMILES string of the molecule is [2H]C([2H])(Oc1nc(N2CCCO[C@H]3[C@@H](F)[C@H]32)c2cnc(-c3cc(N)cc4cc(F)c(F)c(C#C)c34)c(F)c2n1)[C@@]12CCCN1C[C@H](F)C2. The van der Waals surface area contributed by atoms with Crippen molar-refractivity contribution >= 4 is 33.2 Å². The van der Waals surface area contributed by atoms with E-state index >= 15 is 4.39 Å². The van der Waals surface area contributed by atoms with Crippen molar-refractivity contribution in [2.24, 2.45) is 0 Å². The van der Waals surface area contributed by atoms with Crippen LogP contribution in [0.15, 0.2) is 24.4 Å². The lowest BCUT2D eigenvalue weighted by Crippen LogP contribution is -2.43. The molecule has 0 radical (unpaired) electrons. The minimum Gasteiger partial charge on any atom is -0.461 e. The molecule has 5 heterocycles. The molecule has 5 atom stereocenters. The lowest BCUT2D eigenvalue weighted by atomic mass is 9.95. The van der Waals surface area contributed by atoms with Crippen LogP contribution in [0.25, 0.3) is 32.9 Å². The minimum atomic E-state index is -2.50. The number of hydrogen-bond acceptors (Lipinski definition) is 8. The summed E-state index contributed by atoms with van der Waals surface area (Å²) in [5.74, 6) is -1.36. The van der Waals surface area contributed by atoms with Gasteiger partial charge in [0.2, 0.25) is 0 Å². The monoisotopic (exact) mass is 638 g/mol. The third-order valence-electron chi connectivity index (χ3n) is 9.45. The van der Waals surface area contributed by atoms with Gasteiger partial charge in [-0.05, 0) is 49.4 Å². The number of nitrogens with zero attached hydrogens (tertiary/aromatic N) is 5. The molecule has 238 valence electrons. The second kappa shape index (κ2) is 10.6. The maximum Gasteiger partial charge on any atom is 0.319 e. The molecule has 1 saturated carbocycles. The molecular formula is C33H29F5N6O2. The van der Waals surface area contributed by atoms with Crippen LogP contribution in [0.4, 0.5) is 33.5 Å². The highest BCUT2D eigenvalue weighted by molar-refractivity contribution is 6.04. The molecule has 0 amide bonds. The zero-order chi connectivity index (χ0) is 33.7. The molecule has 2 aromatic heterocycles. The van der Waals surface area contributed by atoms with Gasteiger partial charge in [0.05, 0.1) is 25.3 Å². The third kappa shape index (κ3) is 4.45. The van der Waals surface area contributed by atoms with Crippen LogP contribution in [0.1, 0.15) is 34.0 Å². The lowest BCUT2D eigenvalue weighted by molar-refractivity contribution is 0.105. The highest BCUT2D eigenvalue weighted by atomic mass is 19.2. The number of rotatable bonds is 5. The van der Waals surface area contributed by atoms with Crippen molar-refractivity contribution in [3.05, 3.63) is 47.4 Å². The van der Waals surface area contributed by atoms with Crippen LogP contribution in [0.3, 0.4) is 0 Å². The van der Waals surface area contributed by atoms with Gasteiger partial charge < -0.3 is 20.1 Å². The molecular weight excluding hydrogens is 607 g/mol. The second-order valence-corrected chi connectivity index (χ2v) is 12.3. The number of benzene rings is 2. The number of ether oxygens (including phenoxy) is 2. The molecule has 3 aliphatic heterocycles. The van der Waals surface area contributed by atoms with Crippen molar-refractivity contribution in [1.29, 1.82) is 0 Å². The molecule has 4 aliphatic rings. The highest BCUT2D eigenvalue weighted by Crippen LogP contribution is 2.44. The Morgan fingerprint density at radius 1 is 1.15 bits per heavy atom. The number of fused-ring (bicyclic) bond motifs is 4. The van der Waals surface area contributed by atoms with E-state index in [0.29, 0.717) is 32.4 Å². The van der Waals surface area contributed by atoms with Crippen LogP contribution in [0.5, 0.6) is 6.01 Å². The van der Waals surface area contributed by atoms with Crippen LogP contribution < -0.4 is 15.4 Å². The fraction of sp³-hybridized carbons (Fsp3) is 0.424. The summed E-state index contributed by atoms with van der Waals surface area (Å²) in [7, 11) is 0. The van der Waals surface area contributed by atoms with Gasteiger partial charge in [0, 0.05) is 49.0 Å². The summed E-state index contributed by atoms with van der Waals surface area (Å²) in [6.07, 6.45) is 4.87. The molecule has 4 aromatic rings. The van der Waals surface area contributed by atoms with Crippen molar-refractivity contribution in [3.8, 4) is 29.6 Å². The van der Waals surface area contributed by atoms with E-state index < -0.39 is 65.6 Å². The van der Waals surface area contributed by atoms with E-state index in [9.17, 15) is 17.6 Å². The van der Waals surface area contributed by atoms with Crippen molar-refractivity contribution in [3.63, 3.8) is 0 Å². The molecule has 4 fully saturated rings. The van der Waals surface area contributed by atoms with E-state index in [-0.39, 0.29) is 63.9 Å². The van der Waals surface area contributed by atoms with Gasteiger partial charge in [-0.1, -0.05) is 5.92 Å². The van der Waals surface area contributed by atoms with Crippen LogP contribution in [0.2, 0.25) is 0 Å². The van der Waals surface area contributed by atoms with Crippen molar-refractivity contribution in [2.45, 2.75) is 55.7 Å². The van der Waals surface area contributed by atoms with Crippen molar-refractivity contribution < 1.29 is 34.2 Å². The van der Waals surface area contributed by atoms with Gasteiger partial charge in [0.25, 0.3) is 0 Å². The summed E-state index contributed by atoms with van der Waals surface area (Å²) >= 11 is 0. The van der Waals surface area contributed by atoms with E-state index in [2.05, 4.69) is 20.9 Å². The van der Waals surface area contributed by atoms with Gasteiger partial charge >= 0.3 is 6.01 Å². The molecule has 46 heavy (non-hydrogen) atoms. The normalized spacial score (nSPS) is 28.4. The average Bonchev–Trinajstić information content (AvgIpc) is 3.39. The number of nitrogen functional groups attached to an aromatic ring is 1. The third-order valence-corrected chi connectivity index (χ3v) is 9.45. The quantitative estimate of drug-likeness (QED) is 0.184. The molecule has 2 N–H and O–H groups in total. The standard InChI is InChI=1S/C33H29F5N6O2/c1-2-19-23-16(10-22(35)24(19)36)9-18(39)11-20(23)27-25(37)28-21(13-40-27)31(44-7-4-8-45-30-26(38)29(30)44)42-32(41-28)46-15-33-5-3-6-43(33)14-17(34)12-33/h1,9-11,13,17,26,29-30H,3-8,12,14-15,39H2/t17-,26+,29-,30+,33+/m1/s1/i15D2. The number of aromatic nitrogens is 3. The van der Waals surface area contributed by atoms with Crippen LogP contribution in [-0.4, -0.2) is 82.7 Å². The summed E-state index contributed by atoms with van der Waals surface area (Å²) in [5, 5.41) is 0.170. The van der Waals surface area contributed by atoms with Crippen molar-refractivity contribution in [1.82, 2.24) is 19.9 Å². The first-order chi connectivity index (χ1) is 22.9. The second-order valence-electron chi connectivity index (χ2n) is 12.3. The van der Waals surface area contributed by atoms with E-state index in [0.717, 1.165) is 6.07 Å². The summed E-state index contributed by atoms with van der Waals surface area (Å²) < 4.78 is 105. The molecule has 3 saturated heterocycles. The molecule has 1 aliphatic carbocycles. The molecule has 13 heteroatoms. The van der Waals surface area contributed by atoms with Gasteiger partial charge in [-0.2, -0.15) is 9.97 Å². The Bertz CT molecular complexity index is 2050. The summed E-state index contributed by atoms with van der Waals surface area (Å²) in [5.41, 5.74) is 3.68. The van der Waals surface area contributed by atoms with Crippen LogP contribution in [0, 0.1) is 29.8 Å². The first-order valence-electron chi connectivity index (χ1n) is 16.1. The topological polar surface area (TPSA) is 89.6 Å².